The lowest BCUT2D eigenvalue weighted by atomic mass is 10.1. The monoisotopic (exact) mass is 351 g/mol. The molecule has 124 valence electrons. The molecule has 0 saturated carbocycles. The van der Waals surface area contributed by atoms with Crippen molar-refractivity contribution in [2.24, 2.45) is 0 Å². The summed E-state index contributed by atoms with van der Waals surface area (Å²) in [5, 5.41) is 0.956. The molecule has 0 bridgehead atoms. The van der Waals surface area contributed by atoms with Crippen LogP contribution in [0.15, 0.2) is 5.51 Å². The number of hydrogen-bond donors (Lipinski definition) is 0. The molecule has 8 heteroatoms. The van der Waals surface area contributed by atoms with Crippen molar-refractivity contribution >= 4 is 33.9 Å². The maximum Gasteiger partial charge on any atom is 0.265 e. The van der Waals surface area contributed by atoms with Crippen molar-refractivity contribution in [3.05, 3.63) is 21.9 Å². The van der Waals surface area contributed by atoms with Crippen molar-refractivity contribution in [3.63, 3.8) is 0 Å². The van der Waals surface area contributed by atoms with E-state index in [1.807, 2.05) is 11.8 Å². The van der Waals surface area contributed by atoms with E-state index in [1.165, 1.54) is 22.9 Å². The van der Waals surface area contributed by atoms with E-state index in [0.717, 1.165) is 47.6 Å². The van der Waals surface area contributed by atoms with Crippen molar-refractivity contribution in [1.29, 1.82) is 0 Å². The molecule has 1 saturated heterocycles. The average Bonchev–Trinajstić information content (AvgIpc) is 3.10. The molecule has 6 nitrogen and oxygen atoms in total. The summed E-state index contributed by atoms with van der Waals surface area (Å²) < 4.78 is 4.25. The minimum absolute atomic E-state index is 0.117. The Morgan fingerprint density at radius 3 is 2.78 bits per heavy atom. The number of anilines is 1. The molecule has 1 fully saturated rings. The first kappa shape index (κ1) is 16.3. The van der Waals surface area contributed by atoms with Gasteiger partial charge in [0.1, 0.15) is 10.7 Å². The highest BCUT2D eigenvalue weighted by molar-refractivity contribution is 7.11. The fourth-order valence-electron chi connectivity index (χ4n) is 2.70. The Balaban J connectivity index is 1.70. The first-order valence-electron chi connectivity index (χ1n) is 7.84. The molecule has 0 N–H and O–H groups in total. The third kappa shape index (κ3) is 3.53. The van der Waals surface area contributed by atoms with Crippen LogP contribution < -0.4 is 4.90 Å². The molecule has 3 heterocycles. The van der Waals surface area contributed by atoms with Crippen LogP contribution in [0.2, 0.25) is 0 Å². The number of hydrogen-bond acceptors (Lipinski definition) is 7. The summed E-state index contributed by atoms with van der Waals surface area (Å²) in [7, 11) is 0. The molecule has 3 rings (SSSR count). The summed E-state index contributed by atoms with van der Waals surface area (Å²) in [6, 6.07) is 0. The molecule has 0 aliphatic carbocycles. The van der Waals surface area contributed by atoms with Crippen LogP contribution in [0.5, 0.6) is 0 Å². The van der Waals surface area contributed by atoms with E-state index in [0.29, 0.717) is 6.54 Å². The van der Waals surface area contributed by atoms with Crippen molar-refractivity contribution in [3.8, 4) is 0 Å². The van der Waals surface area contributed by atoms with Gasteiger partial charge in [-0.05, 0) is 19.3 Å². The number of aromatic nitrogens is 3. The van der Waals surface area contributed by atoms with Crippen LogP contribution in [0.3, 0.4) is 0 Å². The number of thiazole rings is 1. The van der Waals surface area contributed by atoms with E-state index >= 15 is 0 Å². The Kier molecular flexibility index (Phi) is 4.91. The van der Waals surface area contributed by atoms with Crippen LogP contribution in [-0.2, 0) is 0 Å². The zero-order valence-electron chi connectivity index (χ0n) is 13.7. The zero-order chi connectivity index (χ0) is 16.4. The standard InChI is InChI=1S/C15H21N5OS2/c1-10(2)12-13(22-9-16-12)14(21)19-5-4-6-20(8-7-19)15-17-11(3)18-23-15/h9-10H,4-8H2,1-3H3. The highest BCUT2D eigenvalue weighted by Crippen LogP contribution is 2.24. The van der Waals surface area contributed by atoms with Gasteiger partial charge in [0.2, 0.25) is 5.13 Å². The molecule has 0 aromatic carbocycles. The Hall–Kier alpha value is -1.54. The average molecular weight is 352 g/mol. The third-order valence-corrected chi connectivity index (χ3v) is 5.61. The van der Waals surface area contributed by atoms with Gasteiger partial charge in [-0.25, -0.2) is 9.97 Å². The zero-order valence-corrected chi connectivity index (χ0v) is 15.3. The van der Waals surface area contributed by atoms with Gasteiger partial charge in [-0.3, -0.25) is 4.79 Å². The second-order valence-electron chi connectivity index (χ2n) is 5.98. The maximum atomic E-state index is 12.8. The summed E-state index contributed by atoms with van der Waals surface area (Å²) in [6.45, 7) is 9.27. The number of nitrogens with zero attached hydrogens (tertiary/aromatic N) is 5. The first-order chi connectivity index (χ1) is 11.1. The lowest BCUT2D eigenvalue weighted by Gasteiger charge is -2.21. The fourth-order valence-corrected chi connectivity index (χ4v) is 4.33. The van der Waals surface area contributed by atoms with Crippen molar-refractivity contribution in [2.45, 2.75) is 33.1 Å². The van der Waals surface area contributed by atoms with E-state index in [1.54, 1.807) is 5.51 Å². The second kappa shape index (κ2) is 6.92. The van der Waals surface area contributed by atoms with Gasteiger partial charge < -0.3 is 9.80 Å². The molecule has 0 spiro atoms. The van der Waals surface area contributed by atoms with E-state index < -0.39 is 0 Å². The lowest BCUT2D eigenvalue weighted by molar-refractivity contribution is 0.0770. The van der Waals surface area contributed by atoms with Gasteiger partial charge in [0.15, 0.2) is 0 Å². The fraction of sp³-hybridized carbons (Fsp3) is 0.600. The van der Waals surface area contributed by atoms with Crippen LogP contribution in [0.1, 0.15) is 47.4 Å². The first-order valence-corrected chi connectivity index (χ1v) is 9.49. The Labute approximate surface area is 144 Å². The van der Waals surface area contributed by atoms with Gasteiger partial charge in [-0.1, -0.05) is 13.8 Å². The summed E-state index contributed by atoms with van der Waals surface area (Å²) in [5.74, 6) is 1.20. The Morgan fingerprint density at radius 2 is 2.09 bits per heavy atom. The molecular weight excluding hydrogens is 330 g/mol. The highest BCUT2D eigenvalue weighted by atomic mass is 32.1. The number of carbonyl (C=O) groups is 1. The van der Waals surface area contributed by atoms with Crippen LogP contribution in [0, 0.1) is 6.92 Å². The predicted octanol–water partition coefficient (Wildman–Crippen LogP) is 2.78. The van der Waals surface area contributed by atoms with Gasteiger partial charge >= 0.3 is 0 Å². The van der Waals surface area contributed by atoms with Crippen molar-refractivity contribution < 1.29 is 4.79 Å². The quantitative estimate of drug-likeness (QED) is 0.851. The van der Waals surface area contributed by atoms with Gasteiger partial charge in [0, 0.05) is 37.7 Å². The summed E-state index contributed by atoms with van der Waals surface area (Å²) in [5.41, 5.74) is 2.69. The normalized spacial score (nSPS) is 16.0. The Bertz CT molecular complexity index is 681. The third-order valence-electron chi connectivity index (χ3n) is 3.91. The van der Waals surface area contributed by atoms with Crippen LogP contribution >= 0.6 is 22.9 Å². The molecule has 1 aliphatic heterocycles. The molecule has 2 aromatic heterocycles. The van der Waals surface area contributed by atoms with Crippen molar-refractivity contribution in [1.82, 2.24) is 19.2 Å². The minimum atomic E-state index is 0.117. The van der Waals surface area contributed by atoms with Crippen LogP contribution in [0.4, 0.5) is 5.13 Å². The highest BCUT2D eigenvalue weighted by Gasteiger charge is 2.25. The van der Waals surface area contributed by atoms with Gasteiger partial charge in [0.05, 0.1) is 11.2 Å². The lowest BCUT2D eigenvalue weighted by Crippen LogP contribution is -2.35. The molecule has 1 aliphatic rings. The summed E-state index contributed by atoms with van der Waals surface area (Å²) in [6.07, 6.45) is 0.945. The minimum Gasteiger partial charge on any atom is -0.345 e. The summed E-state index contributed by atoms with van der Waals surface area (Å²) in [4.78, 5) is 26.6. The number of carbonyl (C=O) groups excluding carboxylic acids is 1. The molecule has 0 unspecified atom stereocenters. The number of rotatable bonds is 3. The van der Waals surface area contributed by atoms with Gasteiger partial charge in [0.25, 0.3) is 5.91 Å². The van der Waals surface area contributed by atoms with Gasteiger partial charge in [-0.15, -0.1) is 11.3 Å². The number of aryl methyl sites for hydroxylation is 1. The molecule has 23 heavy (non-hydrogen) atoms. The van der Waals surface area contributed by atoms with Crippen LogP contribution in [0.25, 0.3) is 0 Å². The van der Waals surface area contributed by atoms with E-state index in [-0.39, 0.29) is 11.8 Å². The maximum absolute atomic E-state index is 12.8. The molecule has 0 atom stereocenters. The van der Waals surface area contributed by atoms with Crippen LogP contribution in [-0.4, -0.2) is 51.3 Å². The largest absolute Gasteiger partial charge is 0.345 e. The number of amides is 1. The van der Waals surface area contributed by atoms with E-state index in [9.17, 15) is 4.79 Å². The summed E-state index contributed by atoms with van der Waals surface area (Å²) >= 11 is 2.88. The smallest absolute Gasteiger partial charge is 0.265 e. The second-order valence-corrected chi connectivity index (χ2v) is 7.56. The van der Waals surface area contributed by atoms with Gasteiger partial charge in [-0.2, -0.15) is 4.37 Å². The molecule has 2 aromatic rings. The van der Waals surface area contributed by atoms with Crippen molar-refractivity contribution in [2.75, 3.05) is 31.1 Å². The SMILES string of the molecule is Cc1nsc(N2CCCN(C(=O)c3scnc3C(C)C)CC2)n1. The Morgan fingerprint density at radius 1 is 1.26 bits per heavy atom. The predicted molar refractivity (Wildman–Crippen MR) is 93.6 cm³/mol. The van der Waals surface area contributed by atoms with E-state index in [2.05, 4.69) is 33.1 Å². The topological polar surface area (TPSA) is 62.2 Å². The molecular formula is C15H21N5OS2. The molecule has 0 radical (unpaired) electrons. The van der Waals surface area contributed by atoms with E-state index in [4.69, 9.17) is 0 Å². The molecule has 1 amide bonds.